The first-order valence-corrected chi connectivity index (χ1v) is 6.55. The Bertz CT molecular complexity index is 505. The summed E-state index contributed by atoms with van der Waals surface area (Å²) in [6.45, 7) is 6.08. The van der Waals surface area contributed by atoms with E-state index in [4.69, 9.17) is 4.42 Å². The lowest BCUT2D eigenvalue weighted by atomic mass is 10.0. The van der Waals surface area contributed by atoms with Crippen molar-refractivity contribution in [1.82, 2.24) is 5.32 Å². The van der Waals surface area contributed by atoms with Crippen LogP contribution in [0.25, 0.3) is 11.3 Å². The minimum atomic E-state index is 0.891. The molecule has 2 nitrogen and oxygen atoms in total. The van der Waals surface area contributed by atoms with Gasteiger partial charge in [0.1, 0.15) is 5.76 Å². The SMILES string of the molecule is CCNCc1ccc(C)c(-c2occc2Br)c1. The second-order valence-corrected chi connectivity index (χ2v) is 4.88. The summed E-state index contributed by atoms with van der Waals surface area (Å²) in [5.74, 6) is 0.904. The predicted octanol–water partition coefficient (Wildman–Crippen LogP) is 4.13. The van der Waals surface area contributed by atoms with Gasteiger partial charge in [-0.05, 0) is 52.7 Å². The molecule has 0 saturated heterocycles. The van der Waals surface area contributed by atoms with E-state index in [1.165, 1.54) is 11.1 Å². The van der Waals surface area contributed by atoms with Gasteiger partial charge in [0.25, 0.3) is 0 Å². The maximum absolute atomic E-state index is 5.52. The van der Waals surface area contributed by atoms with E-state index in [1.807, 2.05) is 6.07 Å². The Morgan fingerprint density at radius 2 is 2.12 bits per heavy atom. The van der Waals surface area contributed by atoms with Gasteiger partial charge in [0.15, 0.2) is 0 Å². The van der Waals surface area contributed by atoms with E-state index in [-0.39, 0.29) is 0 Å². The van der Waals surface area contributed by atoms with Crippen LogP contribution in [0.3, 0.4) is 0 Å². The van der Waals surface area contributed by atoms with Gasteiger partial charge >= 0.3 is 0 Å². The third-order valence-electron chi connectivity index (χ3n) is 2.74. The fraction of sp³-hybridized carbons (Fsp3) is 0.286. The Balaban J connectivity index is 2.36. The first-order chi connectivity index (χ1) is 8.22. The van der Waals surface area contributed by atoms with Crippen LogP contribution in [0.1, 0.15) is 18.1 Å². The van der Waals surface area contributed by atoms with Crippen molar-refractivity contribution < 1.29 is 4.42 Å². The van der Waals surface area contributed by atoms with E-state index in [2.05, 4.69) is 53.3 Å². The molecule has 0 fully saturated rings. The van der Waals surface area contributed by atoms with E-state index in [9.17, 15) is 0 Å². The number of furan rings is 1. The average molecular weight is 294 g/mol. The maximum atomic E-state index is 5.52. The molecular formula is C14H16BrNO. The lowest BCUT2D eigenvalue weighted by molar-refractivity contribution is 0.580. The van der Waals surface area contributed by atoms with Crippen molar-refractivity contribution in [3.05, 3.63) is 46.1 Å². The van der Waals surface area contributed by atoms with Crippen molar-refractivity contribution in [3.8, 4) is 11.3 Å². The van der Waals surface area contributed by atoms with Crippen LogP contribution in [-0.4, -0.2) is 6.54 Å². The van der Waals surface area contributed by atoms with E-state index in [1.54, 1.807) is 6.26 Å². The Morgan fingerprint density at radius 3 is 2.76 bits per heavy atom. The molecule has 1 aromatic heterocycles. The van der Waals surface area contributed by atoms with Crippen LogP contribution < -0.4 is 5.32 Å². The smallest absolute Gasteiger partial charge is 0.148 e. The topological polar surface area (TPSA) is 25.2 Å². The number of hydrogen-bond acceptors (Lipinski definition) is 2. The van der Waals surface area contributed by atoms with Gasteiger partial charge in [-0.25, -0.2) is 0 Å². The van der Waals surface area contributed by atoms with Crippen molar-refractivity contribution in [2.24, 2.45) is 0 Å². The van der Waals surface area contributed by atoms with E-state index in [0.717, 1.165) is 28.9 Å². The van der Waals surface area contributed by atoms with Gasteiger partial charge in [-0.1, -0.05) is 19.1 Å². The van der Waals surface area contributed by atoms with Crippen LogP contribution >= 0.6 is 15.9 Å². The van der Waals surface area contributed by atoms with Crippen molar-refractivity contribution in [3.63, 3.8) is 0 Å². The largest absolute Gasteiger partial charge is 0.463 e. The summed E-state index contributed by atoms with van der Waals surface area (Å²) in [6.07, 6.45) is 1.70. The van der Waals surface area contributed by atoms with E-state index in [0.29, 0.717) is 0 Å². The Morgan fingerprint density at radius 1 is 1.29 bits per heavy atom. The second kappa shape index (κ2) is 5.52. The zero-order valence-corrected chi connectivity index (χ0v) is 11.7. The average Bonchev–Trinajstić information content (AvgIpc) is 2.74. The summed E-state index contributed by atoms with van der Waals surface area (Å²) < 4.78 is 6.52. The van der Waals surface area contributed by atoms with Crippen LogP contribution in [0.5, 0.6) is 0 Å². The van der Waals surface area contributed by atoms with Gasteiger partial charge in [0, 0.05) is 12.1 Å². The molecule has 0 aliphatic heterocycles. The van der Waals surface area contributed by atoms with E-state index < -0.39 is 0 Å². The van der Waals surface area contributed by atoms with Crippen LogP contribution in [-0.2, 0) is 6.54 Å². The minimum absolute atomic E-state index is 0.891. The molecule has 3 heteroatoms. The summed E-state index contributed by atoms with van der Waals surface area (Å²) in [4.78, 5) is 0. The highest BCUT2D eigenvalue weighted by Crippen LogP contribution is 2.32. The van der Waals surface area contributed by atoms with Gasteiger partial charge in [-0.15, -0.1) is 0 Å². The zero-order valence-electron chi connectivity index (χ0n) is 10.1. The number of benzene rings is 1. The van der Waals surface area contributed by atoms with Crippen LogP contribution in [0.4, 0.5) is 0 Å². The predicted molar refractivity (Wildman–Crippen MR) is 74.0 cm³/mol. The molecule has 0 atom stereocenters. The Kier molecular flexibility index (Phi) is 4.02. The normalized spacial score (nSPS) is 10.8. The number of aryl methyl sites for hydroxylation is 1. The third-order valence-corrected chi connectivity index (χ3v) is 3.37. The van der Waals surface area contributed by atoms with Gasteiger partial charge in [0.2, 0.25) is 0 Å². The lowest BCUT2D eigenvalue weighted by Gasteiger charge is -2.08. The standard InChI is InChI=1S/C14H16BrNO/c1-3-16-9-11-5-4-10(2)12(8-11)14-13(15)6-7-17-14/h4-8,16H,3,9H2,1-2H3. The Hall–Kier alpha value is -1.06. The quantitative estimate of drug-likeness (QED) is 0.917. The molecule has 0 spiro atoms. The van der Waals surface area contributed by atoms with Gasteiger partial charge in [0.05, 0.1) is 10.7 Å². The van der Waals surface area contributed by atoms with Crippen molar-refractivity contribution >= 4 is 15.9 Å². The second-order valence-electron chi connectivity index (χ2n) is 4.03. The highest BCUT2D eigenvalue weighted by Gasteiger charge is 2.10. The fourth-order valence-corrected chi connectivity index (χ4v) is 2.19. The molecule has 2 aromatic rings. The summed E-state index contributed by atoms with van der Waals surface area (Å²) in [5, 5.41) is 3.33. The highest BCUT2D eigenvalue weighted by atomic mass is 79.9. The molecule has 1 aromatic carbocycles. The van der Waals surface area contributed by atoms with Crippen molar-refractivity contribution in [2.45, 2.75) is 20.4 Å². The number of rotatable bonds is 4. The molecule has 0 radical (unpaired) electrons. The van der Waals surface area contributed by atoms with Crippen LogP contribution in [0.2, 0.25) is 0 Å². The highest BCUT2D eigenvalue weighted by molar-refractivity contribution is 9.10. The van der Waals surface area contributed by atoms with Gasteiger partial charge < -0.3 is 9.73 Å². The molecular weight excluding hydrogens is 278 g/mol. The van der Waals surface area contributed by atoms with Gasteiger partial charge in [-0.2, -0.15) is 0 Å². The number of halogens is 1. The molecule has 0 amide bonds. The first-order valence-electron chi connectivity index (χ1n) is 5.76. The molecule has 90 valence electrons. The molecule has 2 rings (SSSR count). The number of hydrogen-bond donors (Lipinski definition) is 1. The van der Waals surface area contributed by atoms with Gasteiger partial charge in [-0.3, -0.25) is 0 Å². The molecule has 0 bridgehead atoms. The summed E-state index contributed by atoms with van der Waals surface area (Å²) in [6, 6.07) is 8.39. The van der Waals surface area contributed by atoms with E-state index >= 15 is 0 Å². The molecule has 1 N–H and O–H groups in total. The lowest BCUT2D eigenvalue weighted by Crippen LogP contribution is -2.11. The first kappa shape index (κ1) is 12.4. The molecule has 0 aliphatic carbocycles. The monoisotopic (exact) mass is 293 g/mol. The maximum Gasteiger partial charge on any atom is 0.148 e. The Labute approximate surface area is 110 Å². The van der Waals surface area contributed by atoms with Crippen molar-refractivity contribution in [2.75, 3.05) is 6.54 Å². The summed E-state index contributed by atoms with van der Waals surface area (Å²) >= 11 is 3.50. The molecule has 0 aliphatic rings. The zero-order chi connectivity index (χ0) is 12.3. The van der Waals surface area contributed by atoms with Crippen LogP contribution in [0.15, 0.2) is 39.4 Å². The summed E-state index contributed by atoms with van der Waals surface area (Å²) in [7, 11) is 0. The summed E-state index contributed by atoms with van der Waals surface area (Å²) in [5.41, 5.74) is 3.65. The third kappa shape index (κ3) is 2.79. The minimum Gasteiger partial charge on any atom is -0.463 e. The van der Waals surface area contributed by atoms with Crippen LogP contribution in [0, 0.1) is 6.92 Å². The molecule has 0 unspecified atom stereocenters. The molecule has 0 saturated carbocycles. The number of nitrogens with one attached hydrogen (secondary N) is 1. The van der Waals surface area contributed by atoms with Crippen molar-refractivity contribution in [1.29, 1.82) is 0 Å². The fourth-order valence-electron chi connectivity index (χ4n) is 1.78. The molecule has 17 heavy (non-hydrogen) atoms. The molecule has 1 heterocycles.